The van der Waals surface area contributed by atoms with Crippen LogP contribution in [0, 0.1) is 83.1 Å². The molecule has 0 nitrogen and oxygen atoms in total. The number of aryl methyl sites for hydroxylation is 6. The molecular weight excluding hydrogens is 480 g/mol. The van der Waals surface area contributed by atoms with Gasteiger partial charge in [-0.05, 0) is 134 Å². The van der Waals surface area contributed by atoms with Crippen LogP contribution in [0.25, 0.3) is 0 Å². The minimum absolute atomic E-state index is 0. The fourth-order valence-corrected chi connectivity index (χ4v) is 4.90. The highest BCUT2D eigenvalue weighted by atomic mass is 14.1. The van der Waals surface area contributed by atoms with Gasteiger partial charge in [0.15, 0.2) is 0 Å². The van der Waals surface area contributed by atoms with Gasteiger partial charge in [-0.1, -0.05) is 116 Å². The minimum atomic E-state index is 0. The Balaban J connectivity index is 0.000000511. The van der Waals surface area contributed by atoms with E-state index >= 15 is 0 Å². The molecular formula is C40H58. The molecule has 0 heteroatoms. The van der Waals surface area contributed by atoms with Crippen LogP contribution in [0.2, 0.25) is 0 Å². The quantitative estimate of drug-likeness (QED) is 0.226. The maximum Gasteiger partial charge on any atom is -0.0216 e. The van der Waals surface area contributed by atoms with E-state index < -0.39 is 0 Å². The van der Waals surface area contributed by atoms with Crippen molar-refractivity contribution in [3.05, 3.63) is 139 Å². The number of hydrogen-bond acceptors (Lipinski definition) is 0. The summed E-state index contributed by atoms with van der Waals surface area (Å²) in [5.74, 6) is 0.649. The molecule has 0 aliphatic heterocycles. The average molecular weight is 539 g/mol. The van der Waals surface area contributed by atoms with E-state index in [1.807, 2.05) is 18.2 Å². The second kappa shape index (κ2) is 17.5. The summed E-state index contributed by atoms with van der Waals surface area (Å²) >= 11 is 0. The molecule has 4 aromatic carbocycles. The molecule has 0 unspecified atom stereocenters. The van der Waals surface area contributed by atoms with E-state index in [4.69, 9.17) is 0 Å². The minimum Gasteiger partial charge on any atom is -0.0776 e. The summed E-state index contributed by atoms with van der Waals surface area (Å²) in [7, 11) is 0. The van der Waals surface area contributed by atoms with E-state index in [1.165, 1.54) is 72.3 Å². The fraction of sp³-hybridized carbons (Fsp3) is 0.400. The molecule has 0 fully saturated rings. The molecule has 0 aliphatic carbocycles. The molecule has 40 heavy (non-hydrogen) atoms. The van der Waals surface area contributed by atoms with Crippen LogP contribution >= 0.6 is 0 Å². The lowest BCUT2D eigenvalue weighted by molar-refractivity contribution is 0.855. The maximum atomic E-state index is 2.25. The summed E-state index contributed by atoms with van der Waals surface area (Å²) in [6.45, 7) is 30.5. The zero-order chi connectivity index (χ0) is 29.9. The Morgan fingerprint density at radius 3 is 0.975 bits per heavy atom. The third-order valence-electron chi connectivity index (χ3n) is 7.73. The molecule has 0 heterocycles. The van der Waals surface area contributed by atoms with Crippen LogP contribution < -0.4 is 0 Å². The molecule has 4 rings (SSSR count). The Labute approximate surface area is 248 Å². The standard InChI is InChI=1S/C12H18.C11H16.C9H12.C7H8.CH4/c1-7-8(2)10(4)12(6)11(5)9(7)3;1-8(2)11-6-5-9(3)7-10(11)4;1-7-4-8(2)6-9(3)5-7;1-7-5-3-2-4-6-7;/h1-6H3;5-8H,1-4H3;4-6H,1-3H3;2-6H,1H3;1H4. The highest BCUT2D eigenvalue weighted by molar-refractivity contribution is 5.48. The lowest BCUT2D eigenvalue weighted by atomic mass is 9.90. The van der Waals surface area contributed by atoms with Crippen LogP contribution in [0.15, 0.2) is 66.7 Å². The van der Waals surface area contributed by atoms with Gasteiger partial charge in [0, 0.05) is 0 Å². The van der Waals surface area contributed by atoms with Gasteiger partial charge in [0.25, 0.3) is 0 Å². The first kappa shape index (κ1) is 36.9. The van der Waals surface area contributed by atoms with Crippen LogP contribution in [0.4, 0.5) is 0 Å². The zero-order valence-corrected chi connectivity index (χ0v) is 27.4. The number of rotatable bonds is 1. The van der Waals surface area contributed by atoms with Crippen molar-refractivity contribution in [1.29, 1.82) is 0 Å². The van der Waals surface area contributed by atoms with Crippen molar-refractivity contribution in [2.45, 2.75) is 110 Å². The lowest BCUT2D eigenvalue weighted by Gasteiger charge is -2.15. The molecule has 0 saturated heterocycles. The van der Waals surface area contributed by atoms with E-state index in [0.29, 0.717) is 5.92 Å². The van der Waals surface area contributed by atoms with Crippen LogP contribution in [-0.2, 0) is 0 Å². The van der Waals surface area contributed by atoms with Crippen molar-refractivity contribution in [3.8, 4) is 0 Å². The molecule has 0 aromatic heterocycles. The Morgan fingerprint density at radius 2 is 0.725 bits per heavy atom. The first-order valence-electron chi connectivity index (χ1n) is 14.3. The Kier molecular flexibility index (Phi) is 16.2. The molecule has 0 atom stereocenters. The third-order valence-corrected chi connectivity index (χ3v) is 7.73. The Morgan fingerprint density at radius 1 is 0.375 bits per heavy atom. The molecule has 0 spiro atoms. The predicted octanol–water partition coefficient (Wildman–Crippen LogP) is 12.2. The van der Waals surface area contributed by atoms with Gasteiger partial charge < -0.3 is 0 Å². The van der Waals surface area contributed by atoms with Gasteiger partial charge in [0.1, 0.15) is 0 Å². The Bertz CT molecular complexity index is 1160. The average Bonchev–Trinajstić information content (AvgIpc) is 2.86. The van der Waals surface area contributed by atoms with Gasteiger partial charge in [-0.2, -0.15) is 0 Å². The van der Waals surface area contributed by atoms with Crippen molar-refractivity contribution in [3.63, 3.8) is 0 Å². The van der Waals surface area contributed by atoms with Crippen LogP contribution in [0.3, 0.4) is 0 Å². The summed E-state index contributed by atoms with van der Waals surface area (Å²) in [6.07, 6.45) is 0. The zero-order valence-electron chi connectivity index (χ0n) is 27.4. The summed E-state index contributed by atoms with van der Waals surface area (Å²) < 4.78 is 0. The van der Waals surface area contributed by atoms with Gasteiger partial charge in [0.05, 0.1) is 0 Å². The van der Waals surface area contributed by atoms with Crippen molar-refractivity contribution in [2.75, 3.05) is 0 Å². The van der Waals surface area contributed by atoms with Crippen molar-refractivity contribution < 1.29 is 0 Å². The first-order chi connectivity index (χ1) is 18.1. The van der Waals surface area contributed by atoms with Gasteiger partial charge in [-0.25, -0.2) is 0 Å². The largest absolute Gasteiger partial charge is 0.0776 e. The van der Waals surface area contributed by atoms with Crippen molar-refractivity contribution in [1.82, 2.24) is 0 Å². The molecule has 0 bridgehead atoms. The van der Waals surface area contributed by atoms with E-state index in [2.05, 4.69) is 145 Å². The summed E-state index contributed by atoms with van der Waals surface area (Å²) in [5, 5.41) is 0. The molecule has 0 saturated carbocycles. The van der Waals surface area contributed by atoms with E-state index in [9.17, 15) is 0 Å². The molecule has 0 aliphatic rings. The molecule has 0 N–H and O–H groups in total. The van der Waals surface area contributed by atoms with Crippen LogP contribution in [0.1, 0.15) is 99.5 Å². The highest BCUT2D eigenvalue weighted by Gasteiger charge is 2.07. The lowest BCUT2D eigenvalue weighted by Crippen LogP contribution is -1.98. The van der Waals surface area contributed by atoms with Crippen LogP contribution in [-0.4, -0.2) is 0 Å². The van der Waals surface area contributed by atoms with Crippen molar-refractivity contribution in [2.24, 2.45) is 0 Å². The third kappa shape index (κ3) is 12.0. The summed E-state index contributed by atoms with van der Waals surface area (Å²) in [4.78, 5) is 0. The molecule has 4 aromatic rings. The van der Waals surface area contributed by atoms with E-state index in [0.717, 1.165) is 0 Å². The normalized spacial score (nSPS) is 9.78. The SMILES string of the molecule is C.Cc1c(C)c(C)c(C)c(C)c1C.Cc1cc(C)cc(C)c1.Cc1ccc(C(C)C)c(C)c1.Cc1ccccc1. The van der Waals surface area contributed by atoms with Crippen LogP contribution in [0.5, 0.6) is 0 Å². The maximum absolute atomic E-state index is 2.25. The van der Waals surface area contributed by atoms with Crippen molar-refractivity contribution >= 4 is 0 Å². The second-order valence-corrected chi connectivity index (χ2v) is 11.6. The van der Waals surface area contributed by atoms with Gasteiger partial charge in [0.2, 0.25) is 0 Å². The van der Waals surface area contributed by atoms with Gasteiger partial charge in [-0.3, -0.25) is 0 Å². The highest BCUT2D eigenvalue weighted by Crippen LogP contribution is 2.24. The molecule has 218 valence electrons. The smallest absolute Gasteiger partial charge is 0.0216 e. The van der Waals surface area contributed by atoms with Gasteiger partial charge in [-0.15, -0.1) is 0 Å². The van der Waals surface area contributed by atoms with E-state index in [1.54, 1.807) is 0 Å². The number of benzene rings is 4. The monoisotopic (exact) mass is 538 g/mol. The Hall–Kier alpha value is -3.12. The van der Waals surface area contributed by atoms with E-state index in [-0.39, 0.29) is 7.43 Å². The second-order valence-electron chi connectivity index (χ2n) is 11.6. The fourth-order valence-electron chi connectivity index (χ4n) is 4.90. The predicted molar refractivity (Wildman–Crippen MR) is 183 cm³/mol. The first-order valence-corrected chi connectivity index (χ1v) is 14.3. The molecule has 0 radical (unpaired) electrons. The topological polar surface area (TPSA) is 0 Å². The van der Waals surface area contributed by atoms with Gasteiger partial charge >= 0.3 is 0 Å². The summed E-state index contributed by atoms with van der Waals surface area (Å²) in [5.41, 5.74) is 18.3. The summed E-state index contributed by atoms with van der Waals surface area (Å²) in [6, 6.07) is 23.5. The molecule has 0 amide bonds. The number of hydrogen-bond donors (Lipinski definition) is 0.